The summed E-state index contributed by atoms with van der Waals surface area (Å²) in [4.78, 5) is 11.8. The van der Waals surface area contributed by atoms with E-state index in [0.29, 0.717) is 38.1 Å². The normalized spacial score (nSPS) is 10.9. The van der Waals surface area contributed by atoms with Gasteiger partial charge in [-0.05, 0) is 48.5 Å². The van der Waals surface area contributed by atoms with E-state index in [1.165, 1.54) is 12.3 Å². The first-order valence-corrected chi connectivity index (χ1v) is 9.43. The van der Waals surface area contributed by atoms with Crippen LogP contribution in [0.3, 0.4) is 0 Å². The number of methoxy groups -OCH3 is 1. The maximum atomic E-state index is 11.8. The van der Waals surface area contributed by atoms with Crippen molar-refractivity contribution in [1.29, 1.82) is 0 Å². The molecule has 0 unspecified atom stereocenters. The van der Waals surface area contributed by atoms with E-state index in [2.05, 4.69) is 10.5 Å². The molecule has 2 aromatic carbocycles. The minimum Gasteiger partial charge on any atom is -0.495 e. The summed E-state index contributed by atoms with van der Waals surface area (Å²) in [7, 11) is 1.55. The zero-order chi connectivity index (χ0) is 20.8. The van der Waals surface area contributed by atoms with Crippen LogP contribution < -0.4 is 14.9 Å². The van der Waals surface area contributed by atoms with Crippen LogP contribution in [-0.4, -0.2) is 25.8 Å². The summed E-state index contributed by atoms with van der Waals surface area (Å²) >= 11 is 17.9. The van der Waals surface area contributed by atoms with E-state index in [-0.39, 0.29) is 6.61 Å². The molecule has 0 atom stereocenters. The number of hydrogen-bond acceptors (Lipinski definition) is 5. The molecule has 0 bridgehead atoms. The van der Waals surface area contributed by atoms with Gasteiger partial charge in [0.05, 0.1) is 23.4 Å². The van der Waals surface area contributed by atoms with Crippen LogP contribution in [-0.2, 0) is 4.79 Å². The minimum absolute atomic E-state index is 0.257. The number of nitrogens with zero attached hydrogens (tertiary/aromatic N) is 1. The summed E-state index contributed by atoms with van der Waals surface area (Å²) < 4.78 is 16.1. The lowest BCUT2D eigenvalue weighted by atomic mass is 10.2. The van der Waals surface area contributed by atoms with Crippen molar-refractivity contribution in [3.63, 3.8) is 0 Å². The summed E-state index contributed by atoms with van der Waals surface area (Å²) in [5, 5.41) is 5.11. The van der Waals surface area contributed by atoms with Gasteiger partial charge in [0.1, 0.15) is 23.0 Å². The number of halogens is 3. The Morgan fingerprint density at radius 2 is 1.83 bits per heavy atom. The van der Waals surface area contributed by atoms with E-state index in [1.807, 2.05) is 6.07 Å². The number of hydrogen-bond donors (Lipinski definition) is 1. The maximum absolute atomic E-state index is 11.8. The first kappa shape index (κ1) is 21.0. The molecule has 1 aromatic heterocycles. The third kappa shape index (κ3) is 5.67. The van der Waals surface area contributed by atoms with E-state index < -0.39 is 5.91 Å². The van der Waals surface area contributed by atoms with Crippen LogP contribution in [0.2, 0.25) is 15.1 Å². The number of carbonyl (C=O) groups excluding carboxylic acids is 1. The number of amides is 1. The second-order valence-corrected chi connectivity index (χ2v) is 6.96. The average molecular weight is 454 g/mol. The van der Waals surface area contributed by atoms with Gasteiger partial charge >= 0.3 is 0 Å². The molecule has 1 amide bonds. The molecule has 1 N–H and O–H groups in total. The Bertz CT molecular complexity index is 1050. The minimum atomic E-state index is -0.457. The van der Waals surface area contributed by atoms with Gasteiger partial charge in [-0.1, -0.05) is 34.8 Å². The number of carbonyl (C=O) groups is 1. The van der Waals surface area contributed by atoms with E-state index in [1.54, 1.807) is 43.5 Å². The predicted molar refractivity (Wildman–Crippen MR) is 113 cm³/mol. The Morgan fingerprint density at radius 1 is 1.07 bits per heavy atom. The fourth-order valence-corrected chi connectivity index (χ4v) is 3.05. The van der Waals surface area contributed by atoms with Gasteiger partial charge in [-0.25, -0.2) is 5.43 Å². The fourth-order valence-electron chi connectivity index (χ4n) is 2.33. The number of benzene rings is 2. The smallest absolute Gasteiger partial charge is 0.277 e. The van der Waals surface area contributed by atoms with Crippen molar-refractivity contribution in [2.45, 2.75) is 0 Å². The molecule has 0 radical (unpaired) electrons. The fraction of sp³-hybridized carbons (Fsp3) is 0.100. The van der Waals surface area contributed by atoms with Crippen molar-refractivity contribution in [2.75, 3.05) is 13.7 Å². The molecule has 0 aliphatic heterocycles. The van der Waals surface area contributed by atoms with Crippen LogP contribution in [0.4, 0.5) is 0 Å². The van der Waals surface area contributed by atoms with E-state index in [9.17, 15) is 4.79 Å². The van der Waals surface area contributed by atoms with Gasteiger partial charge in [-0.2, -0.15) is 5.10 Å². The molecule has 9 heteroatoms. The number of rotatable bonds is 7. The first-order chi connectivity index (χ1) is 14.0. The van der Waals surface area contributed by atoms with Gasteiger partial charge in [0.25, 0.3) is 5.91 Å². The second kappa shape index (κ2) is 9.69. The van der Waals surface area contributed by atoms with Crippen molar-refractivity contribution in [1.82, 2.24) is 5.43 Å². The average Bonchev–Trinajstić information content (AvgIpc) is 3.16. The summed E-state index contributed by atoms with van der Waals surface area (Å²) in [5.41, 5.74) is 3.13. The SMILES string of the molecule is COc1ccc(-c2ccc(C=NNC(=O)COc3ccc(Cl)cc3Cl)o2)cc1Cl. The number of furan rings is 1. The predicted octanol–water partition coefficient (Wildman–Crippen LogP) is 5.44. The number of ether oxygens (including phenoxy) is 2. The molecule has 0 aliphatic carbocycles. The van der Waals surface area contributed by atoms with Crippen LogP contribution in [0.15, 0.2) is 58.0 Å². The zero-order valence-corrected chi connectivity index (χ0v) is 17.4. The second-order valence-electron chi connectivity index (χ2n) is 5.71. The number of nitrogens with one attached hydrogen (secondary N) is 1. The molecule has 0 saturated heterocycles. The van der Waals surface area contributed by atoms with Gasteiger partial charge in [0, 0.05) is 10.6 Å². The summed E-state index contributed by atoms with van der Waals surface area (Å²) in [6.45, 7) is -0.257. The highest BCUT2D eigenvalue weighted by molar-refractivity contribution is 6.35. The highest BCUT2D eigenvalue weighted by atomic mass is 35.5. The Labute approximate surface area is 182 Å². The van der Waals surface area contributed by atoms with Crippen LogP contribution in [0.1, 0.15) is 5.76 Å². The van der Waals surface area contributed by atoms with Crippen LogP contribution in [0.5, 0.6) is 11.5 Å². The highest BCUT2D eigenvalue weighted by Gasteiger charge is 2.08. The van der Waals surface area contributed by atoms with Crippen LogP contribution in [0.25, 0.3) is 11.3 Å². The molecule has 0 spiro atoms. The Balaban J connectivity index is 1.54. The lowest BCUT2D eigenvalue weighted by Gasteiger charge is -2.06. The van der Waals surface area contributed by atoms with Gasteiger partial charge < -0.3 is 13.9 Å². The number of hydrazone groups is 1. The molecule has 29 heavy (non-hydrogen) atoms. The Kier molecular flexibility index (Phi) is 7.04. The van der Waals surface area contributed by atoms with Crippen molar-refractivity contribution in [2.24, 2.45) is 5.10 Å². The summed E-state index contributed by atoms with van der Waals surface area (Å²) in [5.74, 6) is 1.52. The standard InChI is InChI=1S/C20H15Cl3N2O4/c1-27-18-5-2-12(8-15(18)22)17-7-4-14(29-17)10-24-25-20(26)11-28-19-6-3-13(21)9-16(19)23/h2-10H,11H2,1H3,(H,25,26). The molecular weight excluding hydrogens is 439 g/mol. The van der Waals surface area contributed by atoms with Gasteiger partial charge in [0.2, 0.25) is 0 Å². The lowest BCUT2D eigenvalue weighted by Crippen LogP contribution is -2.24. The van der Waals surface area contributed by atoms with Crippen molar-refractivity contribution < 1.29 is 18.7 Å². The maximum Gasteiger partial charge on any atom is 0.277 e. The largest absolute Gasteiger partial charge is 0.495 e. The van der Waals surface area contributed by atoms with Gasteiger partial charge in [0.15, 0.2) is 6.61 Å². The van der Waals surface area contributed by atoms with Gasteiger partial charge in [-0.3, -0.25) is 4.79 Å². The van der Waals surface area contributed by atoms with E-state index >= 15 is 0 Å². The third-order valence-corrected chi connectivity index (χ3v) is 4.52. The molecule has 1 heterocycles. The van der Waals surface area contributed by atoms with Gasteiger partial charge in [-0.15, -0.1) is 0 Å². The Morgan fingerprint density at radius 3 is 2.55 bits per heavy atom. The monoisotopic (exact) mass is 452 g/mol. The molecule has 3 rings (SSSR count). The molecule has 3 aromatic rings. The lowest BCUT2D eigenvalue weighted by molar-refractivity contribution is -0.123. The zero-order valence-electron chi connectivity index (χ0n) is 15.1. The quantitative estimate of drug-likeness (QED) is 0.382. The summed E-state index contributed by atoms with van der Waals surface area (Å²) in [6, 6.07) is 13.5. The third-order valence-electron chi connectivity index (χ3n) is 3.70. The first-order valence-electron chi connectivity index (χ1n) is 8.30. The van der Waals surface area contributed by atoms with Crippen molar-refractivity contribution in [3.8, 4) is 22.8 Å². The van der Waals surface area contributed by atoms with Crippen molar-refractivity contribution in [3.05, 3.63) is 69.4 Å². The van der Waals surface area contributed by atoms with Crippen LogP contribution >= 0.6 is 34.8 Å². The topological polar surface area (TPSA) is 73.1 Å². The van der Waals surface area contributed by atoms with Crippen LogP contribution in [0, 0.1) is 0 Å². The van der Waals surface area contributed by atoms with E-state index in [4.69, 9.17) is 48.7 Å². The van der Waals surface area contributed by atoms with Crippen molar-refractivity contribution >= 4 is 46.9 Å². The molecule has 0 saturated carbocycles. The van der Waals surface area contributed by atoms with E-state index in [0.717, 1.165) is 5.56 Å². The Hall–Kier alpha value is -2.67. The molecule has 6 nitrogen and oxygen atoms in total. The summed E-state index contributed by atoms with van der Waals surface area (Å²) in [6.07, 6.45) is 1.38. The molecular formula is C20H15Cl3N2O4. The highest BCUT2D eigenvalue weighted by Crippen LogP contribution is 2.31. The molecule has 0 aliphatic rings. The molecule has 150 valence electrons. The molecule has 0 fully saturated rings.